The topological polar surface area (TPSA) is 24.9 Å². The smallest absolute Gasteiger partial charge is 0.0595 e. The molecular weight excluding hydrogens is 196 g/mol. The van der Waals surface area contributed by atoms with Crippen molar-refractivity contribution in [2.24, 2.45) is 11.8 Å². The highest BCUT2D eigenvalue weighted by Gasteiger charge is 2.36. The zero-order valence-corrected chi connectivity index (χ0v) is 8.46. The first-order valence-electron chi connectivity index (χ1n) is 4.88. The largest absolute Gasteiger partial charge is 0.315 e. The van der Waals surface area contributed by atoms with Crippen LogP contribution in [0.1, 0.15) is 5.56 Å². The minimum atomic E-state index is 0.690. The fraction of sp³-hybridized carbons (Fsp3) is 0.364. The molecular formula is C11H11ClN2. The van der Waals surface area contributed by atoms with Crippen LogP contribution in [0.3, 0.4) is 0 Å². The maximum atomic E-state index is 5.91. The van der Waals surface area contributed by atoms with E-state index in [1.165, 1.54) is 11.1 Å². The molecule has 3 heteroatoms. The second-order valence-electron chi connectivity index (χ2n) is 3.94. The van der Waals surface area contributed by atoms with Crippen LogP contribution < -0.4 is 5.32 Å². The quantitative estimate of drug-likeness (QED) is 0.760. The number of nitrogens with one attached hydrogen (secondary N) is 1. The molecule has 14 heavy (non-hydrogen) atoms. The molecule has 1 fully saturated rings. The van der Waals surface area contributed by atoms with Gasteiger partial charge in [0.2, 0.25) is 0 Å². The Kier molecular flexibility index (Phi) is 1.85. The molecule has 2 atom stereocenters. The van der Waals surface area contributed by atoms with Gasteiger partial charge in [-0.1, -0.05) is 17.7 Å². The van der Waals surface area contributed by atoms with Crippen LogP contribution in [0.2, 0.25) is 5.02 Å². The summed E-state index contributed by atoms with van der Waals surface area (Å²) in [7, 11) is 0. The third kappa shape index (κ3) is 1.18. The highest BCUT2D eigenvalue weighted by Crippen LogP contribution is 2.42. The molecule has 0 aromatic carbocycles. The van der Waals surface area contributed by atoms with Gasteiger partial charge in [-0.2, -0.15) is 0 Å². The van der Waals surface area contributed by atoms with Crippen molar-refractivity contribution in [3.8, 4) is 0 Å². The molecule has 3 rings (SSSR count). The molecule has 1 aliphatic carbocycles. The lowest BCUT2D eigenvalue weighted by Gasteiger charge is -2.29. The highest BCUT2D eigenvalue weighted by atomic mass is 35.5. The number of rotatable bonds is 1. The number of halogens is 1. The van der Waals surface area contributed by atoms with E-state index in [0.717, 1.165) is 24.0 Å². The summed E-state index contributed by atoms with van der Waals surface area (Å²) in [6.45, 7) is 2.23. The summed E-state index contributed by atoms with van der Waals surface area (Å²) >= 11 is 5.91. The lowest BCUT2D eigenvalue weighted by molar-refractivity contribution is 0.564. The molecule has 2 heterocycles. The van der Waals surface area contributed by atoms with Gasteiger partial charge < -0.3 is 5.32 Å². The van der Waals surface area contributed by atoms with Gasteiger partial charge in [-0.25, -0.2) is 0 Å². The first-order valence-corrected chi connectivity index (χ1v) is 5.26. The molecule has 1 aliphatic heterocycles. The summed E-state index contributed by atoms with van der Waals surface area (Å²) in [5.41, 5.74) is 2.59. The van der Waals surface area contributed by atoms with E-state index in [4.69, 9.17) is 11.6 Å². The van der Waals surface area contributed by atoms with E-state index in [1.807, 2.05) is 12.3 Å². The zero-order chi connectivity index (χ0) is 9.54. The summed E-state index contributed by atoms with van der Waals surface area (Å²) < 4.78 is 0. The van der Waals surface area contributed by atoms with E-state index in [1.54, 1.807) is 6.20 Å². The predicted molar refractivity (Wildman–Crippen MR) is 57.1 cm³/mol. The van der Waals surface area contributed by atoms with E-state index in [2.05, 4.69) is 16.4 Å². The van der Waals surface area contributed by atoms with Gasteiger partial charge in [0.25, 0.3) is 0 Å². The number of hydrogen-bond acceptors (Lipinski definition) is 2. The van der Waals surface area contributed by atoms with Crippen molar-refractivity contribution in [3.05, 3.63) is 35.1 Å². The fourth-order valence-corrected chi connectivity index (χ4v) is 2.50. The summed E-state index contributed by atoms with van der Waals surface area (Å²) in [4.78, 5) is 4.11. The average molecular weight is 207 g/mol. The van der Waals surface area contributed by atoms with Gasteiger partial charge in [-0.3, -0.25) is 4.98 Å². The maximum Gasteiger partial charge on any atom is 0.0595 e. The molecule has 0 spiro atoms. The van der Waals surface area contributed by atoms with Gasteiger partial charge in [0.1, 0.15) is 0 Å². The molecule has 0 radical (unpaired) electrons. The van der Waals surface area contributed by atoms with Crippen LogP contribution >= 0.6 is 11.6 Å². The first-order chi connectivity index (χ1) is 6.84. The Hall–Kier alpha value is -0.860. The molecule has 72 valence electrons. The Bertz CT molecular complexity index is 400. The van der Waals surface area contributed by atoms with Crippen LogP contribution in [0.5, 0.6) is 0 Å². The standard InChI is InChI=1S/C11H11ClN2/c12-9-1-7(3-13-5-9)10-2-8-4-14-6-11(8)10/h1-3,5,8,11,14H,4,6H2. The third-order valence-electron chi connectivity index (χ3n) is 3.09. The predicted octanol–water partition coefficient (Wildman–Crippen LogP) is 1.97. The SMILES string of the molecule is Clc1cncc(C2=CC3CNCC23)c1. The lowest BCUT2D eigenvalue weighted by atomic mass is 9.74. The number of nitrogens with zero attached hydrogens (tertiary/aromatic N) is 1. The normalized spacial score (nSPS) is 29.4. The number of hydrogen-bond donors (Lipinski definition) is 1. The molecule has 0 amide bonds. The molecule has 2 unspecified atom stereocenters. The van der Waals surface area contributed by atoms with Crippen molar-refractivity contribution < 1.29 is 0 Å². The highest BCUT2D eigenvalue weighted by molar-refractivity contribution is 6.30. The monoisotopic (exact) mass is 206 g/mol. The lowest BCUT2D eigenvalue weighted by Crippen LogP contribution is -2.22. The number of fused-ring (bicyclic) bond motifs is 1. The van der Waals surface area contributed by atoms with Crippen molar-refractivity contribution in [1.29, 1.82) is 0 Å². The summed E-state index contributed by atoms with van der Waals surface area (Å²) in [6, 6.07) is 1.99. The number of pyridine rings is 1. The Balaban J connectivity index is 1.94. The van der Waals surface area contributed by atoms with Crippen molar-refractivity contribution >= 4 is 17.2 Å². The van der Waals surface area contributed by atoms with Gasteiger partial charge in [0.05, 0.1) is 5.02 Å². The van der Waals surface area contributed by atoms with Crippen molar-refractivity contribution in [2.75, 3.05) is 13.1 Å². The molecule has 2 aliphatic rings. The van der Waals surface area contributed by atoms with Gasteiger partial charge in [-0.15, -0.1) is 0 Å². The zero-order valence-electron chi connectivity index (χ0n) is 7.70. The van der Waals surface area contributed by atoms with Crippen molar-refractivity contribution in [3.63, 3.8) is 0 Å². The molecule has 2 nitrogen and oxygen atoms in total. The average Bonchev–Trinajstić information content (AvgIpc) is 2.48. The van der Waals surface area contributed by atoms with Crippen molar-refractivity contribution in [1.82, 2.24) is 10.3 Å². The Labute approximate surface area is 88.0 Å². The second kappa shape index (κ2) is 3.07. The Morgan fingerprint density at radius 1 is 1.36 bits per heavy atom. The van der Waals surface area contributed by atoms with Gasteiger partial charge in [-0.05, 0) is 23.1 Å². The molecule has 1 N–H and O–H groups in total. The van der Waals surface area contributed by atoms with Gasteiger partial charge in [0.15, 0.2) is 0 Å². The molecule has 1 saturated heterocycles. The van der Waals surface area contributed by atoms with E-state index in [-0.39, 0.29) is 0 Å². The van der Waals surface area contributed by atoms with E-state index in [0.29, 0.717) is 5.92 Å². The van der Waals surface area contributed by atoms with E-state index in [9.17, 15) is 0 Å². The maximum absolute atomic E-state index is 5.91. The summed E-state index contributed by atoms with van der Waals surface area (Å²) in [6.07, 6.45) is 5.90. The molecule has 1 aromatic heterocycles. The first kappa shape index (κ1) is 8.45. The van der Waals surface area contributed by atoms with Crippen LogP contribution in [0.25, 0.3) is 5.57 Å². The summed E-state index contributed by atoms with van der Waals surface area (Å²) in [5, 5.41) is 4.11. The van der Waals surface area contributed by atoms with Crippen LogP contribution in [0, 0.1) is 11.8 Å². The van der Waals surface area contributed by atoms with Crippen molar-refractivity contribution in [2.45, 2.75) is 0 Å². The summed E-state index contributed by atoms with van der Waals surface area (Å²) in [5.74, 6) is 1.43. The molecule has 0 bridgehead atoms. The van der Waals surface area contributed by atoms with Gasteiger partial charge >= 0.3 is 0 Å². The van der Waals surface area contributed by atoms with Crippen LogP contribution in [-0.4, -0.2) is 18.1 Å². The van der Waals surface area contributed by atoms with E-state index < -0.39 is 0 Å². The van der Waals surface area contributed by atoms with Crippen LogP contribution in [0.4, 0.5) is 0 Å². The minimum absolute atomic E-state index is 0.690. The second-order valence-corrected chi connectivity index (χ2v) is 4.38. The third-order valence-corrected chi connectivity index (χ3v) is 3.30. The molecule has 1 aromatic rings. The fourth-order valence-electron chi connectivity index (χ4n) is 2.33. The Morgan fingerprint density at radius 2 is 2.29 bits per heavy atom. The minimum Gasteiger partial charge on any atom is -0.315 e. The number of aromatic nitrogens is 1. The van der Waals surface area contributed by atoms with Crippen LogP contribution in [-0.2, 0) is 0 Å². The van der Waals surface area contributed by atoms with Crippen LogP contribution in [0.15, 0.2) is 24.5 Å². The van der Waals surface area contributed by atoms with E-state index >= 15 is 0 Å². The Morgan fingerprint density at radius 3 is 3.07 bits per heavy atom. The van der Waals surface area contributed by atoms with Gasteiger partial charge in [0, 0.05) is 31.4 Å². The molecule has 0 saturated carbocycles.